The molecule has 0 radical (unpaired) electrons. The topological polar surface area (TPSA) is 15.3 Å². The quantitative estimate of drug-likeness (QED) is 0.888. The second kappa shape index (κ2) is 7.01. The Bertz CT molecular complexity index is 474. The van der Waals surface area contributed by atoms with E-state index in [0.717, 1.165) is 36.6 Å². The van der Waals surface area contributed by atoms with Crippen molar-refractivity contribution < 1.29 is 4.39 Å². The van der Waals surface area contributed by atoms with Gasteiger partial charge in [0.25, 0.3) is 0 Å². The van der Waals surface area contributed by atoms with Gasteiger partial charge in [-0.1, -0.05) is 19.9 Å². The Kier molecular flexibility index (Phi) is 5.55. The zero-order valence-corrected chi connectivity index (χ0v) is 14.4. The van der Waals surface area contributed by atoms with Crippen LogP contribution in [0.4, 0.5) is 10.1 Å². The van der Waals surface area contributed by atoms with Crippen LogP contribution < -0.4 is 10.2 Å². The van der Waals surface area contributed by atoms with Crippen LogP contribution in [0.1, 0.15) is 33.3 Å². The first-order chi connectivity index (χ1) is 9.89. The SMILES string of the molecule is CC(C)CNCc1c(F)cccc1N1CCSC(C)(C)C1. The molecule has 0 atom stereocenters. The van der Waals surface area contributed by atoms with Crippen molar-refractivity contribution in [2.75, 3.05) is 30.3 Å². The molecule has 118 valence electrons. The van der Waals surface area contributed by atoms with Gasteiger partial charge in [-0.15, -0.1) is 0 Å². The molecule has 2 rings (SSSR count). The fourth-order valence-corrected chi connectivity index (χ4v) is 3.84. The monoisotopic (exact) mass is 310 g/mol. The van der Waals surface area contributed by atoms with Crippen molar-refractivity contribution in [2.45, 2.75) is 39.0 Å². The van der Waals surface area contributed by atoms with E-state index >= 15 is 0 Å². The highest BCUT2D eigenvalue weighted by Gasteiger charge is 2.28. The zero-order chi connectivity index (χ0) is 15.5. The summed E-state index contributed by atoms with van der Waals surface area (Å²) >= 11 is 2.00. The number of anilines is 1. The summed E-state index contributed by atoms with van der Waals surface area (Å²) in [5.74, 6) is 1.58. The zero-order valence-electron chi connectivity index (χ0n) is 13.6. The Balaban J connectivity index is 2.16. The lowest BCUT2D eigenvalue weighted by Crippen LogP contribution is -2.43. The molecule has 1 N–H and O–H groups in total. The molecule has 0 aliphatic carbocycles. The third-order valence-corrected chi connectivity index (χ3v) is 5.01. The summed E-state index contributed by atoms with van der Waals surface area (Å²) in [5, 5.41) is 3.37. The fraction of sp³-hybridized carbons (Fsp3) is 0.647. The van der Waals surface area contributed by atoms with E-state index < -0.39 is 0 Å². The van der Waals surface area contributed by atoms with Crippen LogP contribution in [0.15, 0.2) is 18.2 Å². The number of hydrogen-bond acceptors (Lipinski definition) is 3. The molecule has 1 aromatic rings. The van der Waals surface area contributed by atoms with E-state index in [2.05, 4.69) is 44.0 Å². The highest BCUT2D eigenvalue weighted by atomic mass is 32.2. The minimum Gasteiger partial charge on any atom is -0.369 e. The summed E-state index contributed by atoms with van der Waals surface area (Å²) < 4.78 is 14.5. The van der Waals surface area contributed by atoms with Gasteiger partial charge in [0.1, 0.15) is 5.82 Å². The standard InChI is InChI=1S/C17H27FN2S/c1-13(2)10-19-11-14-15(18)6-5-7-16(14)20-8-9-21-17(3,4)12-20/h5-7,13,19H,8-12H2,1-4H3. The van der Waals surface area contributed by atoms with Crippen LogP contribution in [-0.4, -0.2) is 30.1 Å². The number of thioether (sulfide) groups is 1. The normalized spacial score (nSPS) is 18.3. The first kappa shape index (κ1) is 16.6. The molecule has 0 aromatic heterocycles. The van der Waals surface area contributed by atoms with Crippen molar-refractivity contribution in [3.63, 3.8) is 0 Å². The molecule has 1 aliphatic heterocycles. The molecule has 0 bridgehead atoms. The molecular formula is C17H27FN2S. The molecule has 0 saturated carbocycles. The van der Waals surface area contributed by atoms with Gasteiger partial charge in [-0.3, -0.25) is 0 Å². The molecular weight excluding hydrogens is 283 g/mol. The van der Waals surface area contributed by atoms with Gasteiger partial charge < -0.3 is 10.2 Å². The number of benzene rings is 1. The molecule has 1 aliphatic rings. The van der Waals surface area contributed by atoms with Crippen LogP contribution in [0, 0.1) is 11.7 Å². The maximum absolute atomic E-state index is 14.3. The van der Waals surface area contributed by atoms with E-state index in [9.17, 15) is 4.39 Å². The summed E-state index contributed by atoms with van der Waals surface area (Å²) in [6, 6.07) is 5.45. The van der Waals surface area contributed by atoms with Crippen molar-refractivity contribution in [2.24, 2.45) is 5.92 Å². The number of halogens is 1. The summed E-state index contributed by atoms with van der Waals surface area (Å²) in [6.45, 7) is 12.3. The first-order valence-corrected chi connectivity index (χ1v) is 8.74. The van der Waals surface area contributed by atoms with E-state index in [0.29, 0.717) is 12.5 Å². The lowest BCUT2D eigenvalue weighted by Gasteiger charge is -2.39. The number of nitrogens with one attached hydrogen (secondary N) is 1. The lowest BCUT2D eigenvalue weighted by molar-refractivity contribution is 0.533. The third-order valence-electron chi connectivity index (χ3n) is 3.71. The molecule has 21 heavy (non-hydrogen) atoms. The van der Waals surface area contributed by atoms with E-state index in [1.165, 1.54) is 0 Å². The van der Waals surface area contributed by atoms with Crippen molar-refractivity contribution >= 4 is 17.4 Å². The van der Waals surface area contributed by atoms with Crippen molar-refractivity contribution in [1.29, 1.82) is 0 Å². The summed E-state index contributed by atoms with van der Waals surface area (Å²) in [6.07, 6.45) is 0. The smallest absolute Gasteiger partial charge is 0.129 e. The number of nitrogens with zero attached hydrogens (tertiary/aromatic N) is 1. The highest BCUT2D eigenvalue weighted by Crippen LogP contribution is 2.34. The van der Waals surface area contributed by atoms with E-state index in [-0.39, 0.29) is 10.6 Å². The van der Waals surface area contributed by atoms with Gasteiger partial charge in [-0.25, -0.2) is 4.39 Å². The lowest BCUT2D eigenvalue weighted by atomic mass is 10.1. The van der Waals surface area contributed by atoms with Gasteiger partial charge in [-0.05, 0) is 38.4 Å². The van der Waals surface area contributed by atoms with Crippen molar-refractivity contribution in [3.8, 4) is 0 Å². The Morgan fingerprint density at radius 2 is 2.14 bits per heavy atom. The molecule has 0 amide bonds. The van der Waals surface area contributed by atoms with Gasteiger partial charge in [0.05, 0.1) is 0 Å². The number of hydrogen-bond donors (Lipinski definition) is 1. The van der Waals surface area contributed by atoms with Crippen LogP contribution in [0.3, 0.4) is 0 Å². The Labute approximate surface area is 132 Å². The van der Waals surface area contributed by atoms with E-state index in [1.54, 1.807) is 6.07 Å². The molecule has 1 aromatic carbocycles. The average molecular weight is 310 g/mol. The molecule has 0 unspecified atom stereocenters. The van der Waals surface area contributed by atoms with Crippen LogP contribution in [0.2, 0.25) is 0 Å². The molecule has 4 heteroatoms. The van der Waals surface area contributed by atoms with Crippen LogP contribution >= 0.6 is 11.8 Å². The second-order valence-electron chi connectivity index (χ2n) is 6.79. The Morgan fingerprint density at radius 3 is 2.81 bits per heavy atom. The third kappa shape index (κ3) is 4.62. The largest absolute Gasteiger partial charge is 0.369 e. The van der Waals surface area contributed by atoms with Crippen molar-refractivity contribution in [1.82, 2.24) is 5.32 Å². The minimum atomic E-state index is -0.0974. The molecule has 2 nitrogen and oxygen atoms in total. The van der Waals surface area contributed by atoms with E-state index in [1.807, 2.05) is 17.8 Å². The highest BCUT2D eigenvalue weighted by molar-refractivity contribution is 8.00. The predicted molar refractivity (Wildman–Crippen MR) is 91.7 cm³/mol. The van der Waals surface area contributed by atoms with Gasteiger partial charge in [0.2, 0.25) is 0 Å². The molecule has 0 spiro atoms. The molecule has 1 heterocycles. The van der Waals surface area contributed by atoms with Gasteiger partial charge >= 0.3 is 0 Å². The molecule has 1 saturated heterocycles. The second-order valence-corrected chi connectivity index (χ2v) is 8.59. The fourth-order valence-electron chi connectivity index (χ4n) is 2.73. The Morgan fingerprint density at radius 1 is 1.38 bits per heavy atom. The minimum absolute atomic E-state index is 0.0974. The summed E-state index contributed by atoms with van der Waals surface area (Å²) in [4.78, 5) is 2.34. The molecule has 1 fully saturated rings. The van der Waals surface area contributed by atoms with Gasteiger partial charge in [0, 0.05) is 41.4 Å². The number of rotatable bonds is 5. The summed E-state index contributed by atoms with van der Waals surface area (Å²) in [7, 11) is 0. The Hall–Kier alpha value is -0.740. The summed E-state index contributed by atoms with van der Waals surface area (Å²) in [5.41, 5.74) is 1.86. The van der Waals surface area contributed by atoms with Gasteiger partial charge in [-0.2, -0.15) is 11.8 Å². The van der Waals surface area contributed by atoms with E-state index in [4.69, 9.17) is 0 Å². The van der Waals surface area contributed by atoms with Crippen molar-refractivity contribution in [3.05, 3.63) is 29.6 Å². The van der Waals surface area contributed by atoms with Crippen LogP contribution in [0.25, 0.3) is 0 Å². The first-order valence-electron chi connectivity index (χ1n) is 7.76. The van der Waals surface area contributed by atoms with Crippen LogP contribution in [0.5, 0.6) is 0 Å². The van der Waals surface area contributed by atoms with Crippen LogP contribution in [-0.2, 0) is 6.54 Å². The maximum atomic E-state index is 14.3. The van der Waals surface area contributed by atoms with Gasteiger partial charge in [0.15, 0.2) is 0 Å². The predicted octanol–water partition coefficient (Wildman–Crippen LogP) is 3.90. The maximum Gasteiger partial charge on any atom is 0.129 e. The average Bonchev–Trinajstić information content (AvgIpc) is 2.39.